The van der Waals surface area contributed by atoms with Crippen LogP contribution in [0, 0.1) is 6.92 Å². The average molecular weight is 266 g/mol. The molecular formula is C13H18N2O2S. The lowest BCUT2D eigenvalue weighted by atomic mass is 9.99. The smallest absolute Gasteiger partial charge is 0.163 e. The van der Waals surface area contributed by atoms with Gasteiger partial charge in [0.1, 0.15) is 11.3 Å². The third-order valence-corrected chi connectivity index (χ3v) is 4.22. The van der Waals surface area contributed by atoms with Crippen molar-refractivity contribution in [3.63, 3.8) is 0 Å². The predicted octanol–water partition coefficient (Wildman–Crippen LogP) is 2.54. The van der Waals surface area contributed by atoms with Crippen LogP contribution in [0.25, 0.3) is 0 Å². The molecule has 2 aromatic heterocycles. The molecule has 1 N–H and O–H groups in total. The summed E-state index contributed by atoms with van der Waals surface area (Å²) in [5.74, 6) is 0.618. The summed E-state index contributed by atoms with van der Waals surface area (Å²) in [5.41, 5.74) is -0.383. The first-order valence-electron chi connectivity index (χ1n) is 5.90. The molecule has 0 bridgehead atoms. The SMILES string of the molecule is CCn1ncc(OC)c1C(C)(O)c1ccc(C)s1. The quantitative estimate of drug-likeness (QED) is 0.925. The summed E-state index contributed by atoms with van der Waals surface area (Å²) in [6.45, 7) is 6.49. The Balaban J connectivity index is 2.55. The van der Waals surface area contributed by atoms with E-state index in [0.717, 1.165) is 4.88 Å². The van der Waals surface area contributed by atoms with Crippen LogP contribution < -0.4 is 4.74 Å². The van der Waals surface area contributed by atoms with Gasteiger partial charge in [0.2, 0.25) is 0 Å². The summed E-state index contributed by atoms with van der Waals surface area (Å²) in [4.78, 5) is 2.07. The number of nitrogens with zero attached hydrogens (tertiary/aromatic N) is 2. The molecule has 0 aromatic carbocycles. The van der Waals surface area contributed by atoms with Gasteiger partial charge in [-0.2, -0.15) is 5.10 Å². The molecule has 0 amide bonds. The lowest BCUT2D eigenvalue weighted by Gasteiger charge is -2.24. The molecule has 18 heavy (non-hydrogen) atoms. The lowest BCUT2D eigenvalue weighted by Crippen LogP contribution is -2.26. The van der Waals surface area contributed by atoms with Crippen LogP contribution in [0.15, 0.2) is 18.3 Å². The first kappa shape index (κ1) is 13.1. The Hall–Kier alpha value is -1.33. The van der Waals surface area contributed by atoms with Crippen molar-refractivity contribution in [1.82, 2.24) is 9.78 Å². The Kier molecular flexibility index (Phi) is 3.45. The zero-order chi connectivity index (χ0) is 13.3. The van der Waals surface area contributed by atoms with Crippen molar-refractivity contribution in [3.8, 4) is 5.75 Å². The second-order valence-corrected chi connectivity index (χ2v) is 5.65. The van der Waals surface area contributed by atoms with Gasteiger partial charge in [-0.25, -0.2) is 0 Å². The van der Waals surface area contributed by atoms with Crippen molar-refractivity contribution >= 4 is 11.3 Å². The summed E-state index contributed by atoms with van der Waals surface area (Å²) in [6.07, 6.45) is 1.65. The number of thiophene rings is 1. The number of hydrogen-bond acceptors (Lipinski definition) is 4. The van der Waals surface area contributed by atoms with Gasteiger partial charge in [-0.15, -0.1) is 11.3 Å². The molecule has 0 aliphatic rings. The highest BCUT2D eigenvalue weighted by Gasteiger charge is 2.34. The topological polar surface area (TPSA) is 47.3 Å². The molecule has 0 saturated carbocycles. The van der Waals surface area contributed by atoms with Crippen LogP contribution in [-0.4, -0.2) is 22.0 Å². The fraction of sp³-hybridized carbons (Fsp3) is 0.462. The number of hydrogen-bond donors (Lipinski definition) is 1. The van der Waals surface area contributed by atoms with Gasteiger partial charge >= 0.3 is 0 Å². The van der Waals surface area contributed by atoms with Gasteiger partial charge in [0.15, 0.2) is 5.75 Å². The molecule has 2 aromatic rings. The summed E-state index contributed by atoms with van der Waals surface area (Å²) < 4.78 is 7.08. The Morgan fingerprint density at radius 2 is 2.22 bits per heavy atom. The number of ether oxygens (including phenoxy) is 1. The lowest BCUT2D eigenvalue weighted by molar-refractivity contribution is 0.0923. The van der Waals surface area contributed by atoms with Crippen molar-refractivity contribution < 1.29 is 9.84 Å². The highest BCUT2D eigenvalue weighted by atomic mass is 32.1. The van der Waals surface area contributed by atoms with Crippen LogP contribution in [0.4, 0.5) is 0 Å². The molecule has 98 valence electrons. The molecule has 0 radical (unpaired) electrons. The molecule has 0 saturated heterocycles. The number of methoxy groups -OCH3 is 1. The van der Waals surface area contributed by atoms with Crippen LogP contribution >= 0.6 is 11.3 Å². The van der Waals surface area contributed by atoms with Crippen molar-refractivity contribution in [2.24, 2.45) is 0 Å². The van der Waals surface area contributed by atoms with Gasteiger partial charge in [-0.05, 0) is 32.9 Å². The zero-order valence-corrected chi connectivity index (χ0v) is 11.9. The Labute approximate surface area is 111 Å². The maximum absolute atomic E-state index is 10.9. The van der Waals surface area contributed by atoms with Gasteiger partial charge in [-0.1, -0.05) is 0 Å². The van der Waals surface area contributed by atoms with Crippen LogP contribution in [0.5, 0.6) is 5.75 Å². The summed E-state index contributed by atoms with van der Waals surface area (Å²) in [7, 11) is 1.59. The molecule has 0 fully saturated rings. The minimum atomic E-state index is -1.09. The Morgan fingerprint density at radius 3 is 2.72 bits per heavy atom. The second-order valence-electron chi connectivity index (χ2n) is 4.36. The van der Waals surface area contributed by atoms with Gasteiger partial charge < -0.3 is 9.84 Å². The standard InChI is InChI=1S/C13H18N2O2S/c1-5-15-12(10(17-4)8-14-15)13(3,16)11-7-6-9(2)18-11/h6-8,16H,5H2,1-4H3. The molecule has 0 aliphatic heterocycles. The van der Waals surface area contributed by atoms with E-state index in [-0.39, 0.29) is 0 Å². The fourth-order valence-corrected chi connectivity index (χ4v) is 2.98. The number of aryl methyl sites for hydroxylation is 2. The summed E-state index contributed by atoms with van der Waals surface area (Å²) in [6, 6.07) is 3.96. The van der Waals surface area contributed by atoms with E-state index < -0.39 is 5.60 Å². The van der Waals surface area contributed by atoms with Crippen molar-refractivity contribution in [2.75, 3.05) is 7.11 Å². The molecule has 2 heterocycles. The van der Waals surface area contributed by atoms with Crippen LogP contribution in [0.1, 0.15) is 29.3 Å². The van der Waals surface area contributed by atoms with Crippen LogP contribution in [0.2, 0.25) is 0 Å². The maximum Gasteiger partial charge on any atom is 0.163 e. The molecule has 0 aliphatic carbocycles. The van der Waals surface area contributed by atoms with E-state index in [4.69, 9.17) is 4.74 Å². The van der Waals surface area contributed by atoms with E-state index in [2.05, 4.69) is 5.10 Å². The highest BCUT2D eigenvalue weighted by molar-refractivity contribution is 7.12. The predicted molar refractivity (Wildman–Crippen MR) is 72.2 cm³/mol. The molecule has 1 atom stereocenters. The Bertz CT molecular complexity index is 521. The number of aromatic nitrogens is 2. The van der Waals surface area contributed by atoms with Crippen molar-refractivity contribution in [2.45, 2.75) is 32.9 Å². The average Bonchev–Trinajstić information content (AvgIpc) is 2.94. The van der Waals surface area contributed by atoms with Gasteiger partial charge in [-0.3, -0.25) is 4.68 Å². The largest absolute Gasteiger partial charge is 0.493 e. The van der Waals surface area contributed by atoms with E-state index in [1.807, 2.05) is 26.0 Å². The monoisotopic (exact) mass is 266 g/mol. The van der Waals surface area contributed by atoms with Gasteiger partial charge in [0.05, 0.1) is 13.3 Å². The van der Waals surface area contributed by atoms with E-state index in [0.29, 0.717) is 18.0 Å². The molecule has 1 unspecified atom stereocenters. The maximum atomic E-state index is 10.9. The normalized spacial score (nSPS) is 14.5. The van der Waals surface area contributed by atoms with E-state index in [9.17, 15) is 5.11 Å². The molecule has 0 spiro atoms. The van der Waals surface area contributed by atoms with E-state index in [1.54, 1.807) is 36.2 Å². The molecule has 2 rings (SSSR count). The van der Waals surface area contributed by atoms with E-state index >= 15 is 0 Å². The summed E-state index contributed by atoms with van der Waals surface area (Å²) >= 11 is 1.58. The van der Waals surface area contributed by atoms with Crippen LogP contribution in [-0.2, 0) is 12.1 Å². The fourth-order valence-electron chi connectivity index (χ4n) is 2.06. The van der Waals surface area contributed by atoms with E-state index in [1.165, 1.54) is 4.88 Å². The minimum Gasteiger partial charge on any atom is -0.493 e. The highest BCUT2D eigenvalue weighted by Crippen LogP contribution is 2.38. The van der Waals surface area contributed by atoms with Gasteiger partial charge in [0, 0.05) is 16.3 Å². The van der Waals surface area contributed by atoms with Gasteiger partial charge in [0.25, 0.3) is 0 Å². The third kappa shape index (κ3) is 2.04. The molecule has 5 heteroatoms. The Morgan fingerprint density at radius 1 is 1.50 bits per heavy atom. The number of aliphatic hydroxyl groups is 1. The first-order chi connectivity index (χ1) is 8.50. The third-order valence-electron chi connectivity index (χ3n) is 3.01. The number of rotatable bonds is 4. The summed E-state index contributed by atoms with van der Waals surface area (Å²) in [5, 5.41) is 15.1. The first-order valence-corrected chi connectivity index (χ1v) is 6.72. The molecular weight excluding hydrogens is 248 g/mol. The van der Waals surface area contributed by atoms with Crippen LogP contribution in [0.3, 0.4) is 0 Å². The minimum absolute atomic E-state index is 0.618. The molecule has 4 nitrogen and oxygen atoms in total. The zero-order valence-electron chi connectivity index (χ0n) is 11.1. The second kappa shape index (κ2) is 4.74. The van der Waals surface area contributed by atoms with Crippen molar-refractivity contribution in [1.29, 1.82) is 0 Å². The van der Waals surface area contributed by atoms with Crippen molar-refractivity contribution in [3.05, 3.63) is 33.8 Å².